The van der Waals surface area contributed by atoms with Gasteiger partial charge in [-0.15, -0.1) is 0 Å². The maximum atomic E-state index is 4.75. The Kier molecular flexibility index (Phi) is 1.68. The molecule has 0 amide bonds. The molecule has 43 valence electrons. The molecule has 1 heterocycles. The zero-order chi connectivity index (χ0) is 5.98. The molecule has 0 unspecified atom stereocenters. The van der Waals surface area contributed by atoms with Crippen LogP contribution in [0, 0.1) is 6.92 Å². The molecule has 0 spiro atoms. The third-order valence-electron chi connectivity index (χ3n) is 0.777. The van der Waals surface area contributed by atoms with E-state index in [-0.39, 0.29) is 0 Å². The van der Waals surface area contributed by atoms with E-state index in [1.807, 2.05) is 0 Å². The van der Waals surface area contributed by atoms with E-state index in [0.717, 1.165) is 10.4 Å². The van der Waals surface area contributed by atoms with Gasteiger partial charge in [-0.25, -0.2) is 0 Å². The van der Waals surface area contributed by atoms with Crippen LogP contribution in [0.4, 0.5) is 0 Å². The fourth-order valence-corrected chi connectivity index (χ4v) is 0.733. The molecular weight excluding hydrogens is 170 g/mol. The summed E-state index contributed by atoms with van der Waals surface area (Å²) in [5.41, 5.74) is 0. The fourth-order valence-electron chi connectivity index (χ4n) is 0.406. The summed E-state index contributed by atoms with van der Waals surface area (Å²) in [6.45, 7) is 3.61. The average molecular weight is 175 g/mol. The van der Waals surface area contributed by atoms with Crippen molar-refractivity contribution in [2.75, 3.05) is 0 Å². The van der Waals surface area contributed by atoms with Crippen molar-refractivity contribution in [3.05, 3.63) is 23.4 Å². The minimum absolute atomic E-state index is 0.651. The van der Waals surface area contributed by atoms with E-state index in [1.54, 1.807) is 6.07 Å². The van der Waals surface area contributed by atoms with E-state index >= 15 is 0 Å². The highest BCUT2D eigenvalue weighted by atomic mass is 79.9. The van der Waals surface area contributed by atoms with Crippen molar-refractivity contribution in [3.8, 4) is 0 Å². The number of halogens is 1. The maximum absolute atomic E-state index is 4.75. The zero-order valence-corrected chi connectivity index (χ0v) is 5.81. The van der Waals surface area contributed by atoms with Gasteiger partial charge in [-0.3, -0.25) is 0 Å². The van der Waals surface area contributed by atoms with Crippen molar-refractivity contribution in [3.63, 3.8) is 0 Å². The van der Waals surface area contributed by atoms with Crippen molar-refractivity contribution < 1.29 is 4.52 Å². The summed E-state index contributed by atoms with van der Waals surface area (Å²) in [7, 11) is 0. The fraction of sp³-hybridized carbons (Fsp3) is 0.200. The highest BCUT2D eigenvalue weighted by molar-refractivity contribution is 9.10. The van der Waals surface area contributed by atoms with Gasteiger partial charge < -0.3 is 4.52 Å². The largest absolute Gasteiger partial charge is 0.360 e. The van der Waals surface area contributed by atoms with Crippen LogP contribution in [0.3, 0.4) is 0 Å². The first-order valence-corrected chi connectivity index (χ1v) is 3.02. The van der Waals surface area contributed by atoms with Crippen LogP contribution in [0.5, 0.6) is 0 Å². The Morgan fingerprint density at radius 3 is 2.88 bits per heavy atom. The monoisotopic (exact) mass is 174 g/mol. The number of nitrogens with zero attached hydrogens (tertiary/aromatic N) is 1. The van der Waals surface area contributed by atoms with Crippen LogP contribution in [0.25, 0.3) is 0 Å². The summed E-state index contributed by atoms with van der Waals surface area (Å²) < 4.78 is 5.49. The van der Waals surface area contributed by atoms with E-state index < -0.39 is 0 Å². The Balaban J connectivity index is 2.84. The molecule has 0 saturated heterocycles. The predicted octanol–water partition coefficient (Wildman–Crippen LogP) is 1.81. The van der Waals surface area contributed by atoms with Gasteiger partial charge in [0.25, 0.3) is 0 Å². The lowest BCUT2D eigenvalue weighted by molar-refractivity contribution is 0.387. The molecule has 8 heavy (non-hydrogen) atoms. The van der Waals surface area contributed by atoms with Gasteiger partial charge in [-0.05, 0) is 22.9 Å². The standard InChI is InChI=1S/C5H5BrNO/c1-2-4-3-5(6)7-8-4/h3H,1-2H2. The molecule has 0 N–H and O–H groups in total. The quantitative estimate of drug-likeness (QED) is 0.650. The lowest BCUT2D eigenvalue weighted by Crippen LogP contribution is -1.68. The lowest BCUT2D eigenvalue weighted by Gasteiger charge is -1.76. The van der Waals surface area contributed by atoms with Gasteiger partial charge in [0.05, 0.1) is 0 Å². The average Bonchev–Trinajstić information content (AvgIpc) is 2.14. The second-order valence-corrected chi connectivity index (χ2v) is 2.18. The Labute approximate surface area is 56.0 Å². The van der Waals surface area contributed by atoms with Gasteiger partial charge in [0.15, 0.2) is 0 Å². The summed E-state index contributed by atoms with van der Waals surface area (Å²) in [6.07, 6.45) is 0.651. The second kappa shape index (κ2) is 2.31. The van der Waals surface area contributed by atoms with Crippen molar-refractivity contribution in [1.82, 2.24) is 5.16 Å². The first-order chi connectivity index (χ1) is 3.83. The van der Waals surface area contributed by atoms with Crippen LogP contribution in [0.1, 0.15) is 5.76 Å². The van der Waals surface area contributed by atoms with Gasteiger partial charge in [0, 0.05) is 12.5 Å². The third-order valence-corrected chi connectivity index (χ3v) is 1.15. The van der Waals surface area contributed by atoms with Crippen LogP contribution in [-0.4, -0.2) is 5.16 Å². The molecule has 1 radical (unpaired) electrons. The molecule has 0 aromatic carbocycles. The van der Waals surface area contributed by atoms with Gasteiger partial charge in [0.2, 0.25) is 0 Å². The number of hydrogen-bond acceptors (Lipinski definition) is 2. The van der Waals surface area contributed by atoms with Crippen LogP contribution in [-0.2, 0) is 6.42 Å². The summed E-state index contributed by atoms with van der Waals surface area (Å²) in [5, 5.41) is 3.59. The van der Waals surface area contributed by atoms with Gasteiger partial charge in [0.1, 0.15) is 10.4 Å². The molecule has 0 aliphatic carbocycles. The Bertz CT molecular complexity index is 173. The third kappa shape index (κ3) is 1.10. The molecule has 0 atom stereocenters. The molecule has 1 aromatic rings. The Morgan fingerprint density at radius 1 is 1.88 bits per heavy atom. The van der Waals surface area contributed by atoms with Crippen molar-refractivity contribution in [2.24, 2.45) is 0 Å². The molecule has 0 bridgehead atoms. The van der Waals surface area contributed by atoms with Crippen LogP contribution >= 0.6 is 15.9 Å². The van der Waals surface area contributed by atoms with Crippen LogP contribution < -0.4 is 0 Å². The van der Waals surface area contributed by atoms with E-state index in [4.69, 9.17) is 4.52 Å². The van der Waals surface area contributed by atoms with E-state index in [9.17, 15) is 0 Å². The maximum Gasteiger partial charge on any atom is 0.149 e. The van der Waals surface area contributed by atoms with E-state index in [2.05, 4.69) is 28.0 Å². The minimum atomic E-state index is 0.651. The second-order valence-electron chi connectivity index (χ2n) is 1.37. The van der Waals surface area contributed by atoms with Gasteiger partial charge >= 0.3 is 0 Å². The van der Waals surface area contributed by atoms with E-state index in [1.165, 1.54) is 0 Å². The minimum Gasteiger partial charge on any atom is -0.360 e. The Hall–Kier alpha value is -0.310. The lowest BCUT2D eigenvalue weighted by atomic mass is 10.4. The smallest absolute Gasteiger partial charge is 0.149 e. The molecule has 0 aliphatic rings. The number of rotatable bonds is 1. The highest BCUT2D eigenvalue weighted by Gasteiger charge is 1.95. The van der Waals surface area contributed by atoms with Crippen LogP contribution in [0.15, 0.2) is 15.2 Å². The zero-order valence-electron chi connectivity index (χ0n) is 4.22. The van der Waals surface area contributed by atoms with Gasteiger partial charge in [-0.1, -0.05) is 5.16 Å². The normalized spacial score (nSPS) is 9.75. The predicted molar refractivity (Wildman–Crippen MR) is 33.3 cm³/mol. The molecule has 0 aliphatic heterocycles. The van der Waals surface area contributed by atoms with Crippen molar-refractivity contribution >= 4 is 15.9 Å². The van der Waals surface area contributed by atoms with E-state index in [0.29, 0.717) is 6.42 Å². The van der Waals surface area contributed by atoms with Crippen molar-refractivity contribution in [2.45, 2.75) is 6.42 Å². The molecule has 2 nitrogen and oxygen atoms in total. The Morgan fingerprint density at radius 2 is 2.62 bits per heavy atom. The highest BCUT2D eigenvalue weighted by Crippen LogP contribution is 2.09. The molecular formula is C5H5BrNO. The topological polar surface area (TPSA) is 26.0 Å². The van der Waals surface area contributed by atoms with Crippen molar-refractivity contribution in [1.29, 1.82) is 0 Å². The molecule has 3 heteroatoms. The summed E-state index contributed by atoms with van der Waals surface area (Å²) in [6, 6.07) is 1.80. The number of hydrogen-bond donors (Lipinski definition) is 0. The summed E-state index contributed by atoms with van der Waals surface area (Å²) >= 11 is 3.14. The summed E-state index contributed by atoms with van der Waals surface area (Å²) in [5.74, 6) is 0.803. The van der Waals surface area contributed by atoms with Crippen LogP contribution in [0.2, 0.25) is 0 Å². The SMILES string of the molecule is [CH2]Cc1cc(Br)no1. The summed E-state index contributed by atoms with van der Waals surface area (Å²) in [4.78, 5) is 0. The molecule has 0 fully saturated rings. The molecule has 0 saturated carbocycles. The molecule has 1 aromatic heterocycles. The number of aromatic nitrogens is 1. The first kappa shape index (κ1) is 5.82. The molecule has 1 rings (SSSR count). The first-order valence-electron chi connectivity index (χ1n) is 2.23. The van der Waals surface area contributed by atoms with Gasteiger partial charge in [-0.2, -0.15) is 0 Å².